The predicted octanol–water partition coefficient (Wildman–Crippen LogP) is 5.34. The summed E-state index contributed by atoms with van der Waals surface area (Å²) in [6, 6.07) is 11.8. The van der Waals surface area contributed by atoms with E-state index in [9.17, 15) is 4.39 Å². The van der Waals surface area contributed by atoms with Crippen LogP contribution in [0.15, 0.2) is 54.6 Å². The molecule has 5 aromatic rings. The lowest BCUT2D eigenvalue weighted by Gasteiger charge is -2.30. The lowest BCUT2D eigenvalue weighted by atomic mass is 9.97. The fourth-order valence-corrected chi connectivity index (χ4v) is 7.34. The van der Waals surface area contributed by atoms with E-state index in [2.05, 4.69) is 81.8 Å². The third-order valence-electron chi connectivity index (χ3n) is 10.9. The molecule has 3 fully saturated rings. The van der Waals surface area contributed by atoms with Crippen LogP contribution in [0.2, 0.25) is 0 Å². The fraction of sp³-hybridized carbons (Fsp3) is 0.439. The van der Waals surface area contributed by atoms with Crippen LogP contribution in [0.4, 0.5) is 10.2 Å². The molecule has 0 spiro atoms. The normalized spacial score (nSPS) is 19.8. The number of methoxy groups -OCH3 is 1. The maximum Gasteiger partial charge on any atom is 0.319 e. The number of aromatic amines is 1. The quantitative estimate of drug-likeness (QED) is 0.144. The number of allylic oxidation sites excluding steroid dienone is 2. The summed E-state index contributed by atoms with van der Waals surface area (Å²) < 4.78 is 34.8. The lowest BCUT2D eigenvalue weighted by Crippen LogP contribution is -2.44. The van der Waals surface area contributed by atoms with Gasteiger partial charge in [-0.2, -0.15) is 15.1 Å². The molecule has 12 nitrogen and oxygen atoms in total. The van der Waals surface area contributed by atoms with Crippen LogP contribution in [0.3, 0.4) is 0 Å². The van der Waals surface area contributed by atoms with Crippen molar-refractivity contribution in [2.45, 2.75) is 77.6 Å². The second-order valence-electron chi connectivity index (χ2n) is 15.0. The number of halogens is 1. The summed E-state index contributed by atoms with van der Waals surface area (Å²) in [5.41, 5.74) is 5.52. The van der Waals surface area contributed by atoms with Crippen LogP contribution in [0.1, 0.15) is 75.6 Å². The Morgan fingerprint density at radius 3 is 2.63 bits per heavy atom. The van der Waals surface area contributed by atoms with Gasteiger partial charge < -0.3 is 24.4 Å². The number of rotatable bonds is 14. The Bertz CT molecular complexity index is 2280. The maximum absolute atomic E-state index is 14.5. The molecule has 54 heavy (non-hydrogen) atoms. The van der Waals surface area contributed by atoms with Crippen LogP contribution in [0.25, 0.3) is 34.3 Å². The van der Waals surface area contributed by atoms with Gasteiger partial charge in [-0.05, 0) is 74.3 Å². The van der Waals surface area contributed by atoms with Gasteiger partial charge in [-0.3, -0.25) is 5.10 Å². The Kier molecular flexibility index (Phi) is 10.2. The molecule has 8 rings (SSSR count). The number of anilines is 1. The molecule has 3 aromatic heterocycles. The molecule has 1 unspecified atom stereocenters. The maximum atomic E-state index is 14.5. The van der Waals surface area contributed by atoms with Crippen LogP contribution in [0.5, 0.6) is 11.8 Å². The zero-order valence-corrected chi connectivity index (χ0v) is 31.6. The summed E-state index contributed by atoms with van der Waals surface area (Å²) in [5.74, 6) is 1.93. The van der Waals surface area contributed by atoms with Crippen molar-refractivity contribution in [2.75, 3.05) is 38.3 Å². The van der Waals surface area contributed by atoms with Gasteiger partial charge in [0.1, 0.15) is 36.1 Å². The highest BCUT2D eigenvalue weighted by atomic mass is 19.1. The third kappa shape index (κ3) is 7.34. The lowest BCUT2D eigenvalue weighted by molar-refractivity contribution is 0.141. The second-order valence-corrected chi connectivity index (χ2v) is 15.0. The molecule has 3 atom stereocenters. The molecule has 2 N–H and O–H groups in total. The van der Waals surface area contributed by atoms with Crippen molar-refractivity contribution in [3.05, 3.63) is 81.9 Å². The van der Waals surface area contributed by atoms with Crippen molar-refractivity contribution in [3.8, 4) is 23.0 Å². The van der Waals surface area contributed by atoms with Gasteiger partial charge in [-0.1, -0.05) is 49.4 Å². The second kappa shape index (κ2) is 15.3. The SMILES string of the molecule is C/C=C(F)/C=c1/[nH]nc/c1=C\c1c(C2CC2)cc2c(N3C[C@@H]4C[C@H]3CN4)nc(OCCOC)nc2c1OCc1ccc(-c2cn(C(C)C(C)C)nn2)cc1. The van der Waals surface area contributed by atoms with Gasteiger partial charge in [0, 0.05) is 54.0 Å². The van der Waals surface area contributed by atoms with Gasteiger partial charge in [0.05, 0.1) is 30.4 Å². The molecule has 2 saturated heterocycles. The minimum Gasteiger partial charge on any atom is -0.486 e. The molecule has 3 aliphatic rings. The number of hydrogen-bond acceptors (Lipinski definition) is 10. The van der Waals surface area contributed by atoms with E-state index >= 15 is 0 Å². The summed E-state index contributed by atoms with van der Waals surface area (Å²) in [7, 11) is 1.64. The molecule has 2 aliphatic heterocycles. The van der Waals surface area contributed by atoms with Crippen molar-refractivity contribution in [3.63, 3.8) is 0 Å². The van der Waals surface area contributed by atoms with Crippen LogP contribution < -0.4 is 30.3 Å². The van der Waals surface area contributed by atoms with Gasteiger partial charge in [-0.25, -0.2) is 9.07 Å². The first-order valence-electron chi connectivity index (χ1n) is 19.0. The Hall–Kier alpha value is -5.14. The van der Waals surface area contributed by atoms with Crippen LogP contribution in [-0.2, 0) is 11.3 Å². The Morgan fingerprint density at radius 1 is 1.09 bits per heavy atom. The molecular formula is C41H48FN9O3. The standard InChI is InChI=1S/C41H48FN9O3/c1-6-30(42)16-36-29(19-44-47-36)15-34-33(27-11-12-27)18-35-38(45-41(53-14-13-52-5)46-40(35)50-21-31-17-32(50)20-43-31)39(34)54-23-26-7-9-28(10-8-26)37-22-51(49-48-37)25(4)24(2)3/h6-10,15-16,18-19,22,24-25,27,31-32,43,47H,11-14,17,20-21,23H2,1-5H3/b29-15+,30-6-,36-16+/t25?,31-,32-/m0/s1. The van der Waals surface area contributed by atoms with E-state index in [-0.39, 0.29) is 24.5 Å². The third-order valence-corrected chi connectivity index (χ3v) is 10.9. The van der Waals surface area contributed by atoms with Gasteiger partial charge >= 0.3 is 6.01 Å². The zero-order chi connectivity index (χ0) is 37.3. The first-order chi connectivity index (χ1) is 26.3. The zero-order valence-electron chi connectivity index (χ0n) is 31.6. The molecule has 0 amide bonds. The van der Waals surface area contributed by atoms with Crippen LogP contribution in [-0.4, -0.2) is 80.7 Å². The molecule has 13 heteroatoms. The summed E-state index contributed by atoms with van der Waals surface area (Å²) in [6.07, 6.45) is 11.9. The molecule has 282 valence electrons. The van der Waals surface area contributed by atoms with Crippen molar-refractivity contribution in [1.29, 1.82) is 0 Å². The summed E-state index contributed by atoms with van der Waals surface area (Å²) in [6.45, 7) is 11.0. The first kappa shape index (κ1) is 35.9. The van der Waals surface area contributed by atoms with E-state index < -0.39 is 0 Å². The number of piperazine rings is 1. The average Bonchev–Trinajstić information content (AvgIpc) is 3.52. The first-order valence-corrected chi connectivity index (χ1v) is 19.0. The van der Waals surface area contributed by atoms with Crippen molar-refractivity contribution >= 4 is 28.9 Å². The molecular weight excluding hydrogens is 686 g/mol. The molecule has 5 heterocycles. The van der Waals surface area contributed by atoms with E-state index in [1.165, 1.54) is 12.2 Å². The average molecular weight is 734 g/mol. The number of hydrogen-bond donors (Lipinski definition) is 2. The number of H-pyrrole nitrogens is 1. The van der Waals surface area contributed by atoms with E-state index in [0.29, 0.717) is 53.7 Å². The van der Waals surface area contributed by atoms with Gasteiger partial charge in [0.25, 0.3) is 0 Å². The molecule has 2 aromatic carbocycles. The molecule has 1 aliphatic carbocycles. The highest BCUT2D eigenvalue weighted by Gasteiger charge is 2.40. The Labute approximate surface area is 314 Å². The minimum atomic E-state index is -0.351. The summed E-state index contributed by atoms with van der Waals surface area (Å²) in [4.78, 5) is 12.5. The predicted molar refractivity (Wildman–Crippen MR) is 206 cm³/mol. The molecule has 1 saturated carbocycles. The van der Waals surface area contributed by atoms with Gasteiger partial charge in [0.2, 0.25) is 0 Å². The van der Waals surface area contributed by atoms with E-state index in [0.717, 1.165) is 76.7 Å². The van der Waals surface area contributed by atoms with Gasteiger partial charge in [-0.15, -0.1) is 5.10 Å². The van der Waals surface area contributed by atoms with E-state index in [4.69, 9.17) is 24.2 Å². The Morgan fingerprint density at radius 2 is 1.93 bits per heavy atom. The highest BCUT2D eigenvalue weighted by Crippen LogP contribution is 2.48. The molecule has 2 bridgehead atoms. The van der Waals surface area contributed by atoms with E-state index in [1.807, 2.05) is 17.0 Å². The number of nitrogens with zero attached hydrogens (tertiary/aromatic N) is 7. The van der Waals surface area contributed by atoms with Crippen molar-refractivity contribution in [1.82, 2.24) is 40.5 Å². The smallest absolute Gasteiger partial charge is 0.319 e. The molecule has 0 radical (unpaired) electrons. The van der Waals surface area contributed by atoms with Crippen LogP contribution in [0, 0.1) is 5.92 Å². The summed E-state index contributed by atoms with van der Waals surface area (Å²) in [5, 5.41) is 21.9. The van der Waals surface area contributed by atoms with Crippen molar-refractivity contribution < 1.29 is 18.6 Å². The monoisotopic (exact) mass is 733 g/mol. The van der Waals surface area contributed by atoms with Crippen LogP contribution >= 0.6 is 0 Å². The minimum absolute atomic E-state index is 0.247. The van der Waals surface area contributed by atoms with Crippen molar-refractivity contribution in [2.24, 2.45) is 5.92 Å². The number of aromatic nitrogens is 7. The highest BCUT2D eigenvalue weighted by molar-refractivity contribution is 5.98. The van der Waals surface area contributed by atoms with E-state index in [1.54, 1.807) is 20.2 Å². The number of fused-ring (bicyclic) bond motifs is 3. The largest absolute Gasteiger partial charge is 0.486 e. The Balaban J connectivity index is 1.25. The number of ether oxygens (including phenoxy) is 3. The number of nitrogens with one attached hydrogen (secondary N) is 2. The summed E-state index contributed by atoms with van der Waals surface area (Å²) >= 11 is 0. The fourth-order valence-electron chi connectivity index (χ4n) is 7.34. The number of benzene rings is 2. The topological polar surface area (TPSA) is 128 Å². The van der Waals surface area contributed by atoms with Gasteiger partial charge in [0.15, 0.2) is 5.75 Å².